The quantitative estimate of drug-likeness (QED) is 0.858. The van der Waals surface area contributed by atoms with Gasteiger partial charge in [0.15, 0.2) is 0 Å². The summed E-state index contributed by atoms with van der Waals surface area (Å²) in [4.78, 5) is 28.4. The summed E-state index contributed by atoms with van der Waals surface area (Å²) < 4.78 is 1.07. The summed E-state index contributed by atoms with van der Waals surface area (Å²) in [7, 11) is 0. The molecular weight excluding hydrogens is 278 g/mol. The van der Waals surface area contributed by atoms with E-state index >= 15 is 0 Å². The van der Waals surface area contributed by atoms with Crippen LogP contribution in [0, 0.1) is 0 Å². The third kappa shape index (κ3) is 2.36. The van der Waals surface area contributed by atoms with Gasteiger partial charge in [0.2, 0.25) is 0 Å². The highest BCUT2D eigenvalue weighted by molar-refractivity contribution is 6.29. The zero-order valence-corrected chi connectivity index (χ0v) is 11.6. The van der Waals surface area contributed by atoms with E-state index in [1.54, 1.807) is 12.1 Å². The average Bonchev–Trinajstić information content (AvgIpc) is 2.92. The number of nitrogens with one attached hydrogen (secondary N) is 1. The van der Waals surface area contributed by atoms with Gasteiger partial charge < -0.3 is 4.90 Å². The van der Waals surface area contributed by atoms with Crippen LogP contribution in [0.4, 0.5) is 5.69 Å². The Hall–Kier alpha value is -2.01. The zero-order chi connectivity index (χ0) is 14.1. The lowest BCUT2D eigenvalue weighted by Gasteiger charge is -2.17. The van der Waals surface area contributed by atoms with Crippen LogP contribution in [0.1, 0.15) is 12.8 Å². The lowest BCUT2D eigenvalue weighted by Crippen LogP contribution is -2.32. The van der Waals surface area contributed by atoms with Gasteiger partial charge in [0.1, 0.15) is 5.15 Å². The van der Waals surface area contributed by atoms with Crippen molar-refractivity contribution in [2.24, 2.45) is 0 Å². The van der Waals surface area contributed by atoms with Gasteiger partial charge in [-0.1, -0.05) is 11.6 Å². The van der Waals surface area contributed by atoms with Gasteiger partial charge in [0.05, 0.1) is 5.69 Å². The predicted octanol–water partition coefficient (Wildman–Crippen LogP) is 1.78. The first kappa shape index (κ1) is 13.0. The second-order valence-electron chi connectivity index (χ2n) is 4.81. The van der Waals surface area contributed by atoms with E-state index in [-0.39, 0.29) is 5.15 Å². The first-order valence-corrected chi connectivity index (χ1v) is 6.90. The fraction of sp³-hybridized carbons (Fsp3) is 0.286. The standard InChI is InChI=1S/C14H14ClN3O2/c15-12-9-13(19)18(14(20)16-12)11-5-3-10(4-6-11)17-7-1-2-8-17/h3-6,9H,1-2,7-8H2,(H,16,20). The molecule has 1 aliphatic rings. The molecule has 1 aliphatic heterocycles. The van der Waals surface area contributed by atoms with E-state index in [9.17, 15) is 9.59 Å². The second kappa shape index (κ2) is 5.17. The van der Waals surface area contributed by atoms with Gasteiger partial charge in [-0.05, 0) is 37.1 Å². The van der Waals surface area contributed by atoms with E-state index in [1.165, 1.54) is 18.9 Å². The van der Waals surface area contributed by atoms with Crippen LogP contribution in [-0.2, 0) is 0 Å². The maximum absolute atomic E-state index is 11.9. The van der Waals surface area contributed by atoms with Gasteiger partial charge in [0.25, 0.3) is 5.56 Å². The molecule has 3 rings (SSSR count). The van der Waals surface area contributed by atoms with Crippen molar-refractivity contribution in [3.05, 3.63) is 56.3 Å². The fourth-order valence-electron chi connectivity index (χ4n) is 2.50. The molecular formula is C14H14ClN3O2. The Labute approximate surface area is 120 Å². The molecule has 1 aromatic carbocycles. The molecule has 0 bridgehead atoms. The molecule has 5 nitrogen and oxygen atoms in total. The SMILES string of the molecule is O=c1cc(Cl)[nH]c(=O)n1-c1ccc(N2CCCC2)cc1. The Morgan fingerprint density at radius 2 is 1.60 bits per heavy atom. The molecule has 20 heavy (non-hydrogen) atoms. The molecule has 0 atom stereocenters. The number of aromatic nitrogens is 2. The minimum atomic E-state index is -0.531. The third-order valence-electron chi connectivity index (χ3n) is 3.48. The second-order valence-corrected chi connectivity index (χ2v) is 5.21. The van der Waals surface area contributed by atoms with Crippen LogP contribution in [0.15, 0.2) is 39.9 Å². The Balaban J connectivity index is 1.99. The van der Waals surface area contributed by atoms with Crippen molar-refractivity contribution in [2.75, 3.05) is 18.0 Å². The van der Waals surface area contributed by atoms with Crippen LogP contribution in [0.25, 0.3) is 5.69 Å². The van der Waals surface area contributed by atoms with Gasteiger partial charge in [-0.3, -0.25) is 9.78 Å². The topological polar surface area (TPSA) is 58.1 Å². The van der Waals surface area contributed by atoms with Crippen molar-refractivity contribution in [2.45, 2.75) is 12.8 Å². The highest BCUT2D eigenvalue weighted by Crippen LogP contribution is 2.20. The lowest BCUT2D eigenvalue weighted by atomic mass is 10.2. The number of anilines is 1. The van der Waals surface area contributed by atoms with Crippen LogP contribution >= 0.6 is 11.6 Å². The van der Waals surface area contributed by atoms with Crippen molar-refractivity contribution in [1.29, 1.82) is 0 Å². The van der Waals surface area contributed by atoms with Crippen molar-refractivity contribution in [3.63, 3.8) is 0 Å². The number of H-pyrrole nitrogens is 1. The Morgan fingerprint density at radius 1 is 1.00 bits per heavy atom. The summed E-state index contributed by atoms with van der Waals surface area (Å²) in [6.07, 6.45) is 2.41. The molecule has 1 aromatic heterocycles. The predicted molar refractivity (Wildman–Crippen MR) is 79.1 cm³/mol. The average molecular weight is 292 g/mol. The molecule has 0 aliphatic carbocycles. The molecule has 1 fully saturated rings. The molecule has 0 saturated carbocycles. The molecule has 6 heteroatoms. The van der Waals surface area contributed by atoms with Crippen molar-refractivity contribution < 1.29 is 0 Å². The molecule has 0 unspecified atom stereocenters. The van der Waals surface area contributed by atoms with Gasteiger partial charge in [-0.2, -0.15) is 0 Å². The van der Waals surface area contributed by atoms with Crippen LogP contribution < -0.4 is 16.1 Å². The van der Waals surface area contributed by atoms with E-state index in [0.29, 0.717) is 5.69 Å². The van der Waals surface area contributed by atoms with Crippen LogP contribution in [-0.4, -0.2) is 22.6 Å². The smallest absolute Gasteiger partial charge is 0.334 e. The molecule has 0 amide bonds. The molecule has 104 valence electrons. The number of benzene rings is 1. The number of hydrogen-bond donors (Lipinski definition) is 1. The van der Waals surface area contributed by atoms with Gasteiger partial charge in [0, 0.05) is 24.8 Å². The minimum absolute atomic E-state index is 0.0462. The largest absolute Gasteiger partial charge is 0.372 e. The summed E-state index contributed by atoms with van der Waals surface area (Å²) in [6.45, 7) is 2.11. The van der Waals surface area contributed by atoms with E-state index in [0.717, 1.165) is 23.3 Å². The van der Waals surface area contributed by atoms with Crippen molar-refractivity contribution in [1.82, 2.24) is 9.55 Å². The first-order chi connectivity index (χ1) is 9.65. The van der Waals surface area contributed by atoms with E-state index < -0.39 is 11.2 Å². The fourth-order valence-corrected chi connectivity index (χ4v) is 2.67. The Morgan fingerprint density at radius 3 is 2.20 bits per heavy atom. The normalized spacial score (nSPS) is 14.8. The highest BCUT2D eigenvalue weighted by atomic mass is 35.5. The van der Waals surface area contributed by atoms with Crippen molar-refractivity contribution >= 4 is 17.3 Å². The molecule has 0 spiro atoms. The van der Waals surface area contributed by atoms with Crippen LogP contribution in [0.2, 0.25) is 5.15 Å². The van der Waals surface area contributed by atoms with Gasteiger partial charge in [-0.15, -0.1) is 0 Å². The number of nitrogens with zero attached hydrogens (tertiary/aromatic N) is 2. The molecule has 0 radical (unpaired) electrons. The van der Waals surface area contributed by atoms with Gasteiger partial charge >= 0.3 is 5.69 Å². The minimum Gasteiger partial charge on any atom is -0.372 e. The molecule has 2 aromatic rings. The summed E-state index contributed by atoms with van der Waals surface area (Å²) in [5.41, 5.74) is 0.685. The molecule has 2 heterocycles. The van der Waals surface area contributed by atoms with E-state index in [2.05, 4.69) is 9.88 Å². The lowest BCUT2D eigenvalue weighted by molar-refractivity contribution is 0.874. The van der Waals surface area contributed by atoms with Crippen LogP contribution in [0.3, 0.4) is 0 Å². The number of aromatic amines is 1. The first-order valence-electron chi connectivity index (χ1n) is 6.52. The van der Waals surface area contributed by atoms with Crippen LogP contribution in [0.5, 0.6) is 0 Å². The third-order valence-corrected chi connectivity index (χ3v) is 3.68. The summed E-state index contributed by atoms with van der Waals surface area (Å²) in [6, 6.07) is 8.61. The number of hydrogen-bond acceptors (Lipinski definition) is 3. The Bertz CT molecular complexity index is 696. The number of rotatable bonds is 2. The maximum Gasteiger partial charge on any atom is 0.334 e. The summed E-state index contributed by atoms with van der Waals surface area (Å²) in [5, 5.41) is 0.0462. The van der Waals surface area contributed by atoms with E-state index in [4.69, 9.17) is 11.6 Å². The zero-order valence-electron chi connectivity index (χ0n) is 10.8. The maximum atomic E-state index is 11.9. The summed E-state index contributed by atoms with van der Waals surface area (Å²) in [5.74, 6) is 0. The Kier molecular flexibility index (Phi) is 3.36. The molecule has 1 N–H and O–H groups in total. The van der Waals surface area contributed by atoms with Gasteiger partial charge in [-0.25, -0.2) is 9.36 Å². The number of halogens is 1. The molecule has 1 saturated heterocycles. The van der Waals surface area contributed by atoms with Crippen molar-refractivity contribution in [3.8, 4) is 5.69 Å². The van der Waals surface area contributed by atoms with E-state index in [1.807, 2.05) is 12.1 Å². The highest BCUT2D eigenvalue weighted by Gasteiger charge is 2.12. The monoisotopic (exact) mass is 291 g/mol. The summed E-state index contributed by atoms with van der Waals surface area (Å²) >= 11 is 5.65.